The molecule has 4 nitrogen and oxygen atoms in total. The van der Waals surface area contributed by atoms with Crippen molar-refractivity contribution in [1.82, 2.24) is 9.97 Å². The topological polar surface area (TPSA) is 41.1 Å². The van der Waals surface area contributed by atoms with Crippen LogP contribution in [-0.4, -0.2) is 17.0 Å². The molecule has 1 aromatic heterocycles. The number of hydrogen-bond acceptors (Lipinski definition) is 4. The van der Waals surface area contributed by atoms with E-state index in [-0.39, 0.29) is 5.82 Å². The molecule has 5 heteroatoms. The van der Waals surface area contributed by atoms with Crippen LogP contribution in [0, 0.1) is 12.7 Å². The maximum atomic E-state index is 13.0. The monoisotopic (exact) mass is 322 g/mol. The number of aromatic nitrogens is 2. The lowest BCUT2D eigenvalue weighted by atomic mass is 10.2. The molecular weight excluding hydrogens is 303 g/mol. The molecule has 0 saturated carbocycles. The van der Waals surface area contributed by atoms with E-state index in [0.29, 0.717) is 12.4 Å². The van der Waals surface area contributed by atoms with Crippen molar-refractivity contribution in [2.24, 2.45) is 0 Å². The SMILES string of the molecule is Cc1nc(NCc2ccc(F)cc2)cc(N(C)c2ccccc2)n1. The van der Waals surface area contributed by atoms with Gasteiger partial charge in [0, 0.05) is 25.3 Å². The second-order valence-corrected chi connectivity index (χ2v) is 5.53. The molecule has 3 rings (SSSR count). The molecule has 0 amide bonds. The highest BCUT2D eigenvalue weighted by atomic mass is 19.1. The number of halogens is 1. The van der Waals surface area contributed by atoms with Gasteiger partial charge in [0.1, 0.15) is 23.3 Å². The van der Waals surface area contributed by atoms with Crippen molar-refractivity contribution in [2.75, 3.05) is 17.3 Å². The number of anilines is 3. The lowest BCUT2D eigenvalue weighted by Crippen LogP contribution is -2.13. The molecule has 0 bridgehead atoms. The van der Waals surface area contributed by atoms with Gasteiger partial charge < -0.3 is 10.2 Å². The molecule has 1 N–H and O–H groups in total. The van der Waals surface area contributed by atoms with Crippen LogP contribution in [0.15, 0.2) is 60.7 Å². The smallest absolute Gasteiger partial charge is 0.138 e. The molecule has 0 aliphatic heterocycles. The Morgan fingerprint density at radius 3 is 2.42 bits per heavy atom. The Kier molecular flexibility index (Phi) is 4.70. The number of nitrogens with zero attached hydrogens (tertiary/aromatic N) is 3. The number of para-hydroxylation sites is 1. The molecule has 0 spiro atoms. The molecule has 0 fully saturated rings. The molecule has 0 aliphatic rings. The maximum Gasteiger partial charge on any atom is 0.138 e. The van der Waals surface area contributed by atoms with Crippen LogP contribution >= 0.6 is 0 Å². The van der Waals surface area contributed by atoms with Gasteiger partial charge in [-0.2, -0.15) is 0 Å². The zero-order chi connectivity index (χ0) is 16.9. The van der Waals surface area contributed by atoms with Gasteiger partial charge in [-0.05, 0) is 36.8 Å². The third kappa shape index (κ3) is 3.87. The number of nitrogens with one attached hydrogen (secondary N) is 1. The van der Waals surface area contributed by atoms with E-state index in [2.05, 4.69) is 15.3 Å². The second-order valence-electron chi connectivity index (χ2n) is 5.53. The first kappa shape index (κ1) is 15.9. The van der Waals surface area contributed by atoms with Crippen molar-refractivity contribution < 1.29 is 4.39 Å². The standard InChI is InChI=1S/C19H19FN4/c1-14-22-18(21-13-15-8-10-16(20)11-9-15)12-19(23-14)24(2)17-6-4-3-5-7-17/h3-12H,13H2,1-2H3,(H,21,22,23). The zero-order valence-electron chi connectivity index (χ0n) is 13.7. The van der Waals surface area contributed by atoms with Crippen LogP contribution in [-0.2, 0) is 6.54 Å². The van der Waals surface area contributed by atoms with Crippen LogP contribution in [0.3, 0.4) is 0 Å². The van der Waals surface area contributed by atoms with Crippen LogP contribution in [0.5, 0.6) is 0 Å². The predicted octanol–water partition coefficient (Wildman–Crippen LogP) is 4.30. The fourth-order valence-electron chi connectivity index (χ4n) is 2.39. The van der Waals surface area contributed by atoms with E-state index in [1.165, 1.54) is 12.1 Å². The van der Waals surface area contributed by atoms with Gasteiger partial charge in [0.2, 0.25) is 0 Å². The van der Waals surface area contributed by atoms with Crippen molar-refractivity contribution in [2.45, 2.75) is 13.5 Å². The summed E-state index contributed by atoms with van der Waals surface area (Å²) in [5.41, 5.74) is 2.05. The summed E-state index contributed by atoms with van der Waals surface area (Å²) in [7, 11) is 1.97. The fourth-order valence-corrected chi connectivity index (χ4v) is 2.39. The molecule has 0 unspecified atom stereocenters. The first-order valence-electron chi connectivity index (χ1n) is 7.74. The van der Waals surface area contributed by atoms with E-state index < -0.39 is 0 Å². The van der Waals surface area contributed by atoms with Crippen molar-refractivity contribution in [1.29, 1.82) is 0 Å². The highest BCUT2D eigenvalue weighted by molar-refractivity contribution is 5.61. The highest BCUT2D eigenvalue weighted by Gasteiger charge is 2.08. The Morgan fingerprint density at radius 1 is 1.00 bits per heavy atom. The minimum Gasteiger partial charge on any atom is -0.366 e. The van der Waals surface area contributed by atoms with Crippen LogP contribution < -0.4 is 10.2 Å². The van der Waals surface area contributed by atoms with E-state index in [0.717, 1.165) is 22.9 Å². The quantitative estimate of drug-likeness (QED) is 0.760. The molecule has 0 aliphatic carbocycles. The van der Waals surface area contributed by atoms with Gasteiger partial charge >= 0.3 is 0 Å². The Bertz CT molecular complexity index is 803. The summed E-state index contributed by atoms with van der Waals surface area (Å²) in [6, 6.07) is 18.4. The molecule has 122 valence electrons. The molecule has 3 aromatic rings. The van der Waals surface area contributed by atoms with Gasteiger partial charge in [-0.1, -0.05) is 30.3 Å². The minimum atomic E-state index is -0.233. The number of benzene rings is 2. The van der Waals surface area contributed by atoms with Crippen molar-refractivity contribution in [3.8, 4) is 0 Å². The van der Waals surface area contributed by atoms with Gasteiger partial charge in [0.15, 0.2) is 0 Å². The number of aryl methyl sites for hydroxylation is 1. The molecule has 0 saturated heterocycles. The van der Waals surface area contributed by atoms with E-state index in [1.54, 1.807) is 12.1 Å². The second kappa shape index (κ2) is 7.08. The number of rotatable bonds is 5. The normalized spacial score (nSPS) is 10.5. The van der Waals surface area contributed by atoms with Crippen molar-refractivity contribution in [3.05, 3.63) is 77.9 Å². The largest absolute Gasteiger partial charge is 0.366 e. The first-order valence-corrected chi connectivity index (χ1v) is 7.74. The summed E-state index contributed by atoms with van der Waals surface area (Å²) in [6.07, 6.45) is 0. The zero-order valence-corrected chi connectivity index (χ0v) is 13.7. The Labute approximate surface area is 141 Å². The molecule has 0 radical (unpaired) electrons. The van der Waals surface area contributed by atoms with Gasteiger partial charge in [-0.25, -0.2) is 14.4 Å². The minimum absolute atomic E-state index is 0.233. The third-order valence-corrected chi connectivity index (χ3v) is 3.70. The fraction of sp³-hybridized carbons (Fsp3) is 0.158. The average Bonchev–Trinajstić information content (AvgIpc) is 2.61. The lowest BCUT2D eigenvalue weighted by molar-refractivity contribution is 0.627. The summed E-state index contributed by atoms with van der Waals surface area (Å²) in [5.74, 6) is 2.01. The van der Waals surface area contributed by atoms with Gasteiger partial charge in [-0.3, -0.25) is 0 Å². The molecule has 2 aromatic carbocycles. The Morgan fingerprint density at radius 2 is 1.71 bits per heavy atom. The molecular formula is C19H19FN4. The van der Waals surface area contributed by atoms with Crippen LogP contribution in [0.25, 0.3) is 0 Å². The van der Waals surface area contributed by atoms with Crippen LogP contribution in [0.4, 0.5) is 21.7 Å². The summed E-state index contributed by atoms with van der Waals surface area (Å²) in [6.45, 7) is 2.44. The Balaban J connectivity index is 1.77. The predicted molar refractivity (Wildman–Crippen MR) is 95.0 cm³/mol. The first-order chi connectivity index (χ1) is 11.6. The van der Waals surface area contributed by atoms with Crippen molar-refractivity contribution >= 4 is 17.3 Å². The van der Waals surface area contributed by atoms with Crippen molar-refractivity contribution in [3.63, 3.8) is 0 Å². The molecule has 0 atom stereocenters. The van der Waals surface area contributed by atoms with Gasteiger partial charge in [0.05, 0.1) is 0 Å². The Hall–Kier alpha value is -2.95. The van der Waals surface area contributed by atoms with E-state index >= 15 is 0 Å². The molecule has 1 heterocycles. The van der Waals surface area contributed by atoms with Gasteiger partial charge in [-0.15, -0.1) is 0 Å². The lowest BCUT2D eigenvalue weighted by Gasteiger charge is -2.19. The van der Waals surface area contributed by atoms with E-state index in [4.69, 9.17) is 0 Å². The van der Waals surface area contributed by atoms with Gasteiger partial charge in [0.25, 0.3) is 0 Å². The average molecular weight is 322 g/mol. The number of hydrogen-bond donors (Lipinski definition) is 1. The van der Waals surface area contributed by atoms with Crippen LogP contribution in [0.2, 0.25) is 0 Å². The maximum absolute atomic E-state index is 13.0. The third-order valence-electron chi connectivity index (χ3n) is 3.70. The summed E-state index contributed by atoms with van der Waals surface area (Å²) in [5, 5.41) is 3.27. The summed E-state index contributed by atoms with van der Waals surface area (Å²) >= 11 is 0. The summed E-state index contributed by atoms with van der Waals surface area (Å²) in [4.78, 5) is 10.9. The van der Waals surface area contributed by atoms with E-state index in [1.807, 2.05) is 55.3 Å². The summed E-state index contributed by atoms with van der Waals surface area (Å²) < 4.78 is 13.0. The highest BCUT2D eigenvalue weighted by Crippen LogP contribution is 2.23. The van der Waals surface area contributed by atoms with Crippen LogP contribution in [0.1, 0.15) is 11.4 Å². The molecule has 24 heavy (non-hydrogen) atoms. The van der Waals surface area contributed by atoms with E-state index in [9.17, 15) is 4.39 Å².